The van der Waals surface area contributed by atoms with Crippen molar-refractivity contribution in [3.05, 3.63) is 95.1 Å². The molecule has 1 aliphatic heterocycles. The Morgan fingerprint density at radius 2 is 1.70 bits per heavy atom. The first kappa shape index (κ1) is 20.9. The quantitative estimate of drug-likeness (QED) is 0.258. The highest BCUT2D eigenvalue weighted by molar-refractivity contribution is 7.22. The van der Waals surface area contributed by atoms with E-state index in [4.69, 9.17) is 4.74 Å². The number of hydrogen-bond acceptors (Lipinski definition) is 6. The molecule has 0 aliphatic carbocycles. The Labute approximate surface area is 194 Å². The first-order valence-electron chi connectivity index (χ1n) is 10.4. The van der Waals surface area contributed by atoms with E-state index in [0.29, 0.717) is 22.0 Å². The molecule has 33 heavy (non-hydrogen) atoms. The summed E-state index contributed by atoms with van der Waals surface area (Å²) in [5, 5.41) is 11.6. The summed E-state index contributed by atoms with van der Waals surface area (Å²) < 4.78 is 6.17. The van der Waals surface area contributed by atoms with Gasteiger partial charge >= 0.3 is 5.91 Å². The van der Waals surface area contributed by atoms with Gasteiger partial charge in [-0.1, -0.05) is 65.4 Å². The van der Waals surface area contributed by atoms with Crippen molar-refractivity contribution in [1.29, 1.82) is 0 Å². The number of methoxy groups -OCH3 is 1. The van der Waals surface area contributed by atoms with Gasteiger partial charge < -0.3 is 9.84 Å². The number of ketones is 1. The third-order valence-corrected chi connectivity index (χ3v) is 6.73. The van der Waals surface area contributed by atoms with Crippen LogP contribution in [-0.2, 0) is 9.59 Å². The summed E-state index contributed by atoms with van der Waals surface area (Å²) in [5.41, 5.74) is 2.94. The van der Waals surface area contributed by atoms with Crippen molar-refractivity contribution in [2.75, 3.05) is 12.0 Å². The van der Waals surface area contributed by atoms with Gasteiger partial charge in [-0.25, -0.2) is 4.98 Å². The Morgan fingerprint density at radius 1 is 1.00 bits per heavy atom. The zero-order chi connectivity index (χ0) is 23.1. The number of amides is 1. The highest BCUT2D eigenvalue weighted by atomic mass is 32.1. The molecule has 0 saturated carbocycles. The molecule has 1 aromatic heterocycles. The molecule has 4 aromatic rings. The molecule has 1 N–H and O–H groups in total. The van der Waals surface area contributed by atoms with E-state index in [9.17, 15) is 14.7 Å². The van der Waals surface area contributed by atoms with E-state index in [2.05, 4.69) is 4.98 Å². The molecule has 1 unspecified atom stereocenters. The van der Waals surface area contributed by atoms with Crippen LogP contribution in [0.3, 0.4) is 0 Å². The van der Waals surface area contributed by atoms with Crippen LogP contribution in [0.25, 0.3) is 16.0 Å². The van der Waals surface area contributed by atoms with Gasteiger partial charge in [-0.2, -0.15) is 0 Å². The Bertz CT molecular complexity index is 1370. The van der Waals surface area contributed by atoms with Crippen molar-refractivity contribution >= 4 is 44.1 Å². The molecular formula is C26H20N2O4S. The highest BCUT2D eigenvalue weighted by Crippen LogP contribution is 2.44. The third-order valence-electron chi connectivity index (χ3n) is 5.69. The fraction of sp³-hybridized carbons (Fsp3) is 0.115. The van der Waals surface area contributed by atoms with Crippen LogP contribution in [0.15, 0.2) is 78.4 Å². The molecule has 1 aliphatic rings. The predicted molar refractivity (Wildman–Crippen MR) is 129 cm³/mol. The average Bonchev–Trinajstić information content (AvgIpc) is 3.37. The summed E-state index contributed by atoms with van der Waals surface area (Å²) in [6.07, 6.45) is 0. The van der Waals surface area contributed by atoms with Crippen LogP contribution in [-0.4, -0.2) is 28.9 Å². The fourth-order valence-electron chi connectivity index (χ4n) is 3.96. The van der Waals surface area contributed by atoms with Gasteiger partial charge in [0.05, 0.1) is 28.9 Å². The lowest BCUT2D eigenvalue weighted by Gasteiger charge is -2.23. The highest BCUT2D eigenvalue weighted by Gasteiger charge is 2.48. The van der Waals surface area contributed by atoms with E-state index in [1.54, 1.807) is 43.5 Å². The molecule has 0 spiro atoms. The summed E-state index contributed by atoms with van der Waals surface area (Å²) in [5.74, 6) is -1.02. The normalized spacial score (nSPS) is 17.6. The van der Waals surface area contributed by atoms with Gasteiger partial charge in [0, 0.05) is 5.56 Å². The third kappa shape index (κ3) is 3.56. The fourth-order valence-corrected chi connectivity index (χ4v) is 4.95. The van der Waals surface area contributed by atoms with E-state index >= 15 is 0 Å². The number of carbonyl (C=O) groups excluding carboxylic acids is 2. The van der Waals surface area contributed by atoms with E-state index < -0.39 is 17.7 Å². The second-order valence-electron chi connectivity index (χ2n) is 7.77. The molecule has 0 radical (unpaired) electrons. The number of para-hydroxylation sites is 1. The number of nitrogens with zero attached hydrogens (tertiary/aromatic N) is 2. The number of anilines is 1. The smallest absolute Gasteiger partial charge is 0.301 e. The van der Waals surface area contributed by atoms with Crippen molar-refractivity contribution < 1.29 is 19.4 Å². The second-order valence-corrected chi connectivity index (χ2v) is 8.78. The minimum absolute atomic E-state index is 0.0354. The number of aliphatic hydroxyl groups excluding tert-OH is 1. The number of fused-ring (bicyclic) bond motifs is 1. The second kappa shape index (κ2) is 8.18. The Morgan fingerprint density at radius 3 is 2.36 bits per heavy atom. The number of hydrogen-bond donors (Lipinski definition) is 1. The van der Waals surface area contributed by atoms with Gasteiger partial charge in [0.2, 0.25) is 0 Å². The molecule has 0 bridgehead atoms. The standard InChI is InChI=1S/C26H20N2O4S/c1-15-7-9-17(10-8-15)23(29)21-22(16-11-13-18(32-2)14-12-16)28(25(31)24(21)30)26-27-19-5-3-4-6-20(19)33-26/h3-14,22,29H,1-2H3/b23-21+. The maximum Gasteiger partial charge on any atom is 0.301 e. The van der Waals surface area contributed by atoms with Gasteiger partial charge in [0.15, 0.2) is 5.13 Å². The van der Waals surface area contributed by atoms with Gasteiger partial charge in [-0.3, -0.25) is 14.5 Å². The van der Waals surface area contributed by atoms with Crippen LogP contribution in [0.2, 0.25) is 0 Å². The number of thiazole rings is 1. The SMILES string of the molecule is COc1ccc(C2/C(=C(\O)c3ccc(C)cc3)C(=O)C(=O)N2c2nc3ccccc3s2)cc1. The molecule has 1 amide bonds. The molecule has 3 aromatic carbocycles. The number of rotatable bonds is 4. The van der Waals surface area contributed by atoms with Crippen LogP contribution < -0.4 is 9.64 Å². The maximum atomic E-state index is 13.3. The zero-order valence-corrected chi connectivity index (χ0v) is 18.8. The minimum atomic E-state index is -0.822. The van der Waals surface area contributed by atoms with E-state index in [-0.39, 0.29) is 11.3 Å². The first-order chi connectivity index (χ1) is 16.0. The average molecular weight is 457 g/mol. The van der Waals surface area contributed by atoms with Gasteiger partial charge in [0.1, 0.15) is 11.5 Å². The molecule has 164 valence electrons. The van der Waals surface area contributed by atoms with Crippen LogP contribution in [0.1, 0.15) is 22.7 Å². The molecule has 1 fully saturated rings. The molecule has 7 heteroatoms. The number of ether oxygens (including phenoxy) is 1. The number of aliphatic hydroxyl groups is 1. The van der Waals surface area contributed by atoms with E-state index in [1.807, 2.05) is 43.3 Å². The Hall–Kier alpha value is -3.97. The topological polar surface area (TPSA) is 79.7 Å². The zero-order valence-electron chi connectivity index (χ0n) is 18.0. The van der Waals surface area contributed by atoms with Gasteiger partial charge in [0.25, 0.3) is 5.78 Å². The summed E-state index contributed by atoms with van der Waals surface area (Å²) >= 11 is 1.33. The van der Waals surface area contributed by atoms with E-state index in [1.165, 1.54) is 16.2 Å². The molecule has 6 nitrogen and oxygen atoms in total. The first-order valence-corrected chi connectivity index (χ1v) is 11.2. The molecular weight excluding hydrogens is 436 g/mol. The van der Waals surface area contributed by atoms with E-state index in [0.717, 1.165) is 15.8 Å². The lowest BCUT2D eigenvalue weighted by atomic mass is 9.95. The summed E-state index contributed by atoms with van der Waals surface area (Å²) in [6, 6.07) is 21.0. The maximum absolute atomic E-state index is 13.3. The lowest BCUT2D eigenvalue weighted by molar-refractivity contribution is -0.132. The Kier molecular flexibility index (Phi) is 5.18. The summed E-state index contributed by atoms with van der Waals surface area (Å²) in [4.78, 5) is 32.5. The predicted octanol–water partition coefficient (Wildman–Crippen LogP) is 5.24. The number of carbonyl (C=O) groups is 2. The van der Waals surface area contributed by atoms with Crippen LogP contribution in [0.5, 0.6) is 5.75 Å². The van der Waals surface area contributed by atoms with Gasteiger partial charge in [-0.05, 0) is 36.8 Å². The van der Waals surface area contributed by atoms with Gasteiger partial charge in [-0.15, -0.1) is 0 Å². The van der Waals surface area contributed by atoms with Crippen LogP contribution in [0.4, 0.5) is 5.13 Å². The number of Topliss-reactive ketones (excluding diaryl/α,β-unsaturated/α-hetero) is 1. The Balaban J connectivity index is 1.72. The monoisotopic (exact) mass is 456 g/mol. The molecule has 1 atom stereocenters. The summed E-state index contributed by atoms with van der Waals surface area (Å²) in [6.45, 7) is 1.94. The van der Waals surface area contributed by atoms with Crippen LogP contribution >= 0.6 is 11.3 Å². The lowest BCUT2D eigenvalue weighted by Crippen LogP contribution is -2.29. The van der Waals surface area contributed by atoms with Crippen molar-refractivity contribution in [3.8, 4) is 5.75 Å². The van der Waals surface area contributed by atoms with Crippen LogP contribution in [0, 0.1) is 6.92 Å². The minimum Gasteiger partial charge on any atom is -0.507 e. The number of aromatic nitrogens is 1. The largest absolute Gasteiger partial charge is 0.507 e. The van der Waals surface area contributed by atoms with Crippen molar-refractivity contribution in [3.63, 3.8) is 0 Å². The molecule has 1 saturated heterocycles. The van der Waals surface area contributed by atoms with Crippen molar-refractivity contribution in [2.24, 2.45) is 0 Å². The van der Waals surface area contributed by atoms with Crippen molar-refractivity contribution in [2.45, 2.75) is 13.0 Å². The number of aryl methyl sites for hydroxylation is 1. The molecule has 2 heterocycles. The van der Waals surface area contributed by atoms with Crippen molar-refractivity contribution in [1.82, 2.24) is 4.98 Å². The molecule has 5 rings (SSSR count). The number of benzene rings is 3. The summed E-state index contributed by atoms with van der Waals surface area (Å²) in [7, 11) is 1.57.